The normalized spacial score (nSPS) is 21.4. The standard InChI is InChI=1S/C21H30N4O2/c1-22-21(27)17-6-5-16-7-8-23(14-18(16)13-17)15-20(26)25-11-9-24(10-12-25)19-3-2-4-19/h5-6,13,19H,2-4,7-12,14-15H2,1H3,(H,22,27). The number of hydrogen-bond acceptors (Lipinski definition) is 4. The average Bonchev–Trinajstić information content (AvgIpc) is 2.66. The molecule has 1 aromatic carbocycles. The molecule has 0 spiro atoms. The highest BCUT2D eigenvalue weighted by Gasteiger charge is 2.30. The molecule has 1 aliphatic carbocycles. The third-order valence-corrected chi connectivity index (χ3v) is 6.40. The van der Waals surface area contributed by atoms with E-state index in [0.717, 1.165) is 51.7 Å². The molecule has 2 aliphatic heterocycles. The Labute approximate surface area is 161 Å². The maximum Gasteiger partial charge on any atom is 0.251 e. The molecule has 0 radical (unpaired) electrons. The van der Waals surface area contributed by atoms with Crippen LogP contribution in [0.5, 0.6) is 0 Å². The Bertz CT molecular complexity index is 708. The van der Waals surface area contributed by atoms with Gasteiger partial charge in [0.1, 0.15) is 0 Å². The number of nitrogens with zero attached hydrogens (tertiary/aromatic N) is 3. The molecule has 3 aliphatic rings. The number of amides is 2. The fourth-order valence-corrected chi connectivity index (χ4v) is 4.42. The van der Waals surface area contributed by atoms with E-state index < -0.39 is 0 Å². The van der Waals surface area contributed by atoms with Gasteiger partial charge in [0, 0.05) is 57.9 Å². The van der Waals surface area contributed by atoms with Crippen molar-refractivity contribution in [1.82, 2.24) is 20.0 Å². The van der Waals surface area contributed by atoms with Gasteiger partial charge in [-0.25, -0.2) is 0 Å². The smallest absolute Gasteiger partial charge is 0.251 e. The highest BCUT2D eigenvalue weighted by atomic mass is 16.2. The van der Waals surface area contributed by atoms with E-state index >= 15 is 0 Å². The predicted octanol–water partition coefficient (Wildman–Crippen LogP) is 1.10. The number of carbonyl (C=O) groups excluding carboxylic acids is 2. The number of fused-ring (bicyclic) bond motifs is 1. The molecular formula is C21H30N4O2. The van der Waals surface area contributed by atoms with Crippen molar-refractivity contribution in [3.05, 3.63) is 34.9 Å². The molecule has 0 bridgehead atoms. The molecule has 1 N–H and O–H groups in total. The van der Waals surface area contributed by atoms with Crippen LogP contribution < -0.4 is 5.32 Å². The Balaban J connectivity index is 1.31. The van der Waals surface area contributed by atoms with E-state index in [1.54, 1.807) is 7.05 Å². The Hall–Kier alpha value is -1.92. The van der Waals surface area contributed by atoms with Crippen molar-refractivity contribution in [1.29, 1.82) is 0 Å². The number of rotatable bonds is 4. The van der Waals surface area contributed by atoms with Crippen LogP contribution in [0.25, 0.3) is 0 Å². The molecule has 2 fully saturated rings. The summed E-state index contributed by atoms with van der Waals surface area (Å²) in [4.78, 5) is 31.4. The van der Waals surface area contributed by atoms with E-state index in [1.807, 2.05) is 17.0 Å². The van der Waals surface area contributed by atoms with Crippen LogP contribution in [0.4, 0.5) is 0 Å². The molecule has 0 unspecified atom stereocenters. The molecule has 146 valence electrons. The van der Waals surface area contributed by atoms with Crippen LogP contribution in [0, 0.1) is 0 Å². The minimum absolute atomic E-state index is 0.0599. The second kappa shape index (κ2) is 7.98. The van der Waals surface area contributed by atoms with Crippen molar-refractivity contribution in [2.75, 3.05) is 46.3 Å². The molecule has 2 heterocycles. The van der Waals surface area contributed by atoms with Crippen molar-refractivity contribution in [2.45, 2.75) is 38.3 Å². The SMILES string of the molecule is CNC(=O)c1ccc2c(c1)CN(CC(=O)N1CCN(C3CCC3)CC1)CC2. The van der Waals surface area contributed by atoms with Gasteiger partial charge in [-0.15, -0.1) is 0 Å². The Morgan fingerprint density at radius 3 is 2.52 bits per heavy atom. The fraction of sp³-hybridized carbons (Fsp3) is 0.619. The van der Waals surface area contributed by atoms with Crippen LogP contribution in [0.15, 0.2) is 18.2 Å². The van der Waals surface area contributed by atoms with Crippen LogP contribution in [0.2, 0.25) is 0 Å². The summed E-state index contributed by atoms with van der Waals surface area (Å²) in [7, 11) is 1.65. The van der Waals surface area contributed by atoms with Crippen molar-refractivity contribution in [3.63, 3.8) is 0 Å². The molecule has 1 aromatic rings. The van der Waals surface area contributed by atoms with Crippen molar-refractivity contribution < 1.29 is 9.59 Å². The second-order valence-electron chi connectivity index (χ2n) is 8.02. The zero-order valence-corrected chi connectivity index (χ0v) is 16.2. The molecular weight excluding hydrogens is 340 g/mol. The van der Waals surface area contributed by atoms with Gasteiger partial charge < -0.3 is 10.2 Å². The number of nitrogens with one attached hydrogen (secondary N) is 1. The third kappa shape index (κ3) is 4.01. The lowest BCUT2D eigenvalue weighted by atomic mass is 9.91. The summed E-state index contributed by atoms with van der Waals surface area (Å²) in [5.41, 5.74) is 3.15. The van der Waals surface area contributed by atoms with E-state index in [-0.39, 0.29) is 11.8 Å². The molecule has 4 rings (SSSR count). The van der Waals surface area contributed by atoms with Gasteiger partial charge in [-0.3, -0.25) is 19.4 Å². The summed E-state index contributed by atoms with van der Waals surface area (Å²) in [6.07, 6.45) is 4.96. The van der Waals surface area contributed by atoms with Gasteiger partial charge in [0.2, 0.25) is 5.91 Å². The van der Waals surface area contributed by atoms with E-state index in [0.29, 0.717) is 12.1 Å². The lowest BCUT2D eigenvalue weighted by molar-refractivity contribution is -0.135. The molecule has 1 saturated heterocycles. The number of piperazine rings is 1. The average molecular weight is 370 g/mol. The van der Waals surface area contributed by atoms with Crippen LogP contribution in [-0.4, -0.2) is 78.9 Å². The van der Waals surface area contributed by atoms with Crippen molar-refractivity contribution in [3.8, 4) is 0 Å². The van der Waals surface area contributed by atoms with Gasteiger partial charge >= 0.3 is 0 Å². The van der Waals surface area contributed by atoms with Crippen LogP contribution in [0.1, 0.15) is 40.7 Å². The minimum Gasteiger partial charge on any atom is -0.355 e. The number of carbonyl (C=O) groups is 2. The Kier molecular flexibility index (Phi) is 5.45. The summed E-state index contributed by atoms with van der Waals surface area (Å²) >= 11 is 0. The highest BCUT2D eigenvalue weighted by molar-refractivity contribution is 5.94. The van der Waals surface area contributed by atoms with Crippen LogP contribution >= 0.6 is 0 Å². The summed E-state index contributed by atoms with van der Waals surface area (Å²) in [5.74, 6) is 0.185. The van der Waals surface area contributed by atoms with E-state index in [9.17, 15) is 9.59 Å². The summed E-state index contributed by atoms with van der Waals surface area (Å²) in [6.45, 7) is 5.89. The van der Waals surface area contributed by atoms with Gasteiger partial charge in [0.15, 0.2) is 0 Å². The topological polar surface area (TPSA) is 55.9 Å². The van der Waals surface area contributed by atoms with E-state index in [2.05, 4.69) is 21.2 Å². The number of benzene rings is 1. The molecule has 27 heavy (non-hydrogen) atoms. The monoisotopic (exact) mass is 370 g/mol. The first-order valence-electron chi connectivity index (χ1n) is 10.2. The summed E-state index contributed by atoms with van der Waals surface area (Å²) < 4.78 is 0. The fourth-order valence-electron chi connectivity index (χ4n) is 4.42. The molecule has 2 amide bonds. The second-order valence-corrected chi connectivity index (χ2v) is 8.02. The minimum atomic E-state index is -0.0599. The molecule has 6 nitrogen and oxygen atoms in total. The zero-order valence-electron chi connectivity index (χ0n) is 16.2. The lowest BCUT2D eigenvalue weighted by Crippen LogP contribution is -2.55. The largest absolute Gasteiger partial charge is 0.355 e. The van der Waals surface area contributed by atoms with E-state index in [4.69, 9.17) is 0 Å². The summed E-state index contributed by atoms with van der Waals surface area (Å²) in [5, 5.41) is 2.68. The molecule has 0 aromatic heterocycles. The van der Waals surface area contributed by atoms with Gasteiger partial charge in [-0.2, -0.15) is 0 Å². The van der Waals surface area contributed by atoms with Gasteiger partial charge in [-0.1, -0.05) is 12.5 Å². The number of hydrogen-bond donors (Lipinski definition) is 1. The predicted molar refractivity (Wildman–Crippen MR) is 105 cm³/mol. The lowest BCUT2D eigenvalue weighted by Gasteiger charge is -2.43. The van der Waals surface area contributed by atoms with Crippen molar-refractivity contribution in [2.24, 2.45) is 0 Å². The van der Waals surface area contributed by atoms with E-state index in [1.165, 1.54) is 30.4 Å². The van der Waals surface area contributed by atoms with Gasteiger partial charge in [0.05, 0.1) is 6.54 Å². The molecule has 6 heteroatoms. The first-order chi connectivity index (χ1) is 13.1. The quantitative estimate of drug-likeness (QED) is 0.862. The Morgan fingerprint density at radius 2 is 1.85 bits per heavy atom. The first kappa shape index (κ1) is 18.4. The van der Waals surface area contributed by atoms with Crippen molar-refractivity contribution >= 4 is 11.8 Å². The van der Waals surface area contributed by atoms with Crippen LogP contribution in [0.3, 0.4) is 0 Å². The zero-order chi connectivity index (χ0) is 18.8. The van der Waals surface area contributed by atoms with Gasteiger partial charge in [-0.05, 0) is 42.5 Å². The van der Waals surface area contributed by atoms with Crippen LogP contribution in [-0.2, 0) is 17.8 Å². The summed E-state index contributed by atoms with van der Waals surface area (Å²) in [6, 6.07) is 6.69. The molecule has 1 saturated carbocycles. The first-order valence-corrected chi connectivity index (χ1v) is 10.2. The maximum absolute atomic E-state index is 12.8. The molecule has 0 atom stereocenters. The highest BCUT2D eigenvalue weighted by Crippen LogP contribution is 2.25. The third-order valence-electron chi connectivity index (χ3n) is 6.40. The maximum atomic E-state index is 12.8. The van der Waals surface area contributed by atoms with Gasteiger partial charge in [0.25, 0.3) is 5.91 Å². The Morgan fingerprint density at radius 1 is 1.07 bits per heavy atom.